The van der Waals surface area contributed by atoms with Gasteiger partial charge in [-0.15, -0.1) is 23.1 Å². The van der Waals surface area contributed by atoms with Crippen LogP contribution in [0.25, 0.3) is 11.1 Å². The van der Waals surface area contributed by atoms with Crippen molar-refractivity contribution in [3.05, 3.63) is 64.2 Å². The molecule has 1 fully saturated rings. The maximum Gasteiger partial charge on any atom is 0.270 e. The molecular weight excluding hydrogens is 466 g/mol. The van der Waals surface area contributed by atoms with E-state index in [2.05, 4.69) is 50.1 Å². The molecule has 0 unspecified atom stereocenters. The van der Waals surface area contributed by atoms with Crippen LogP contribution in [0.3, 0.4) is 0 Å². The first kappa shape index (κ1) is 20.7. The molecule has 0 atom stereocenters. The average molecular weight is 490 g/mol. The van der Waals surface area contributed by atoms with E-state index in [-0.39, 0.29) is 5.91 Å². The Balaban J connectivity index is 1.21. The summed E-state index contributed by atoms with van der Waals surface area (Å²) in [6.07, 6.45) is 3.09. The molecule has 2 aromatic heterocycles. The number of rotatable bonds is 7. The van der Waals surface area contributed by atoms with Gasteiger partial charge in [-0.25, -0.2) is 0 Å². The van der Waals surface area contributed by atoms with Gasteiger partial charge in [-0.3, -0.25) is 9.69 Å². The number of nitrogens with one attached hydrogen (secondary N) is 1. The number of halogens is 1. The van der Waals surface area contributed by atoms with Crippen molar-refractivity contribution in [3.8, 4) is 11.1 Å². The fourth-order valence-corrected chi connectivity index (χ4v) is 6.33. The van der Waals surface area contributed by atoms with E-state index in [1.165, 1.54) is 14.4 Å². The number of thioether (sulfide) groups is 1. The predicted octanol–water partition coefficient (Wildman–Crippen LogP) is 5.45. The third-order valence-corrected chi connectivity index (χ3v) is 8.03. The third-order valence-electron chi connectivity index (χ3n) is 5.09. The van der Waals surface area contributed by atoms with E-state index in [4.69, 9.17) is 0 Å². The van der Waals surface area contributed by atoms with Crippen molar-refractivity contribution >= 4 is 44.9 Å². The van der Waals surface area contributed by atoms with Gasteiger partial charge in [0.25, 0.3) is 5.91 Å². The highest BCUT2D eigenvalue weighted by atomic mass is 79.9. The molecule has 0 bridgehead atoms. The smallest absolute Gasteiger partial charge is 0.270 e. The van der Waals surface area contributed by atoms with Crippen LogP contribution < -0.4 is 0 Å². The number of aromatic amines is 1. The summed E-state index contributed by atoms with van der Waals surface area (Å²) < 4.78 is 2.56. The highest BCUT2D eigenvalue weighted by molar-refractivity contribution is 9.11. The molecule has 1 aliphatic heterocycles. The summed E-state index contributed by atoms with van der Waals surface area (Å²) in [5.74, 6) is 1.24. The van der Waals surface area contributed by atoms with Crippen molar-refractivity contribution in [2.75, 3.05) is 38.5 Å². The first-order chi connectivity index (χ1) is 14.2. The van der Waals surface area contributed by atoms with E-state index in [9.17, 15) is 4.79 Å². The van der Waals surface area contributed by atoms with E-state index in [0.29, 0.717) is 5.69 Å². The van der Waals surface area contributed by atoms with E-state index in [1.54, 1.807) is 11.3 Å². The van der Waals surface area contributed by atoms with Crippen LogP contribution in [0, 0.1) is 0 Å². The molecule has 0 saturated carbocycles. The summed E-state index contributed by atoms with van der Waals surface area (Å²) in [6.45, 7) is 4.59. The number of carbonyl (C=O) groups excluding carboxylic acids is 1. The van der Waals surface area contributed by atoms with Crippen molar-refractivity contribution < 1.29 is 4.79 Å². The Morgan fingerprint density at radius 1 is 1.07 bits per heavy atom. The number of aromatic nitrogens is 1. The van der Waals surface area contributed by atoms with Gasteiger partial charge < -0.3 is 9.88 Å². The zero-order valence-electron chi connectivity index (χ0n) is 16.1. The minimum absolute atomic E-state index is 0.102. The predicted molar refractivity (Wildman–Crippen MR) is 126 cm³/mol. The first-order valence-electron chi connectivity index (χ1n) is 9.82. The van der Waals surface area contributed by atoms with Gasteiger partial charge in [-0.05, 0) is 58.2 Å². The Hall–Kier alpha value is -1.54. The maximum atomic E-state index is 12.8. The summed E-state index contributed by atoms with van der Waals surface area (Å²) in [4.78, 5) is 20.4. The summed E-state index contributed by atoms with van der Waals surface area (Å²) >= 11 is 7.23. The number of thiophene rings is 1. The Kier molecular flexibility index (Phi) is 7.13. The van der Waals surface area contributed by atoms with Crippen LogP contribution in [-0.2, 0) is 0 Å². The molecule has 152 valence electrons. The van der Waals surface area contributed by atoms with Crippen LogP contribution in [0.15, 0.2) is 62.7 Å². The Bertz CT molecular complexity index is 932. The van der Waals surface area contributed by atoms with Crippen molar-refractivity contribution in [2.24, 2.45) is 0 Å². The SMILES string of the molecule is O=C(c1cc(-c2ccccc2)c[nH]1)N1CCN(CCCSc2ccc(Br)s2)CC1. The molecule has 29 heavy (non-hydrogen) atoms. The number of amides is 1. The van der Waals surface area contributed by atoms with Crippen LogP contribution >= 0.6 is 39.0 Å². The Morgan fingerprint density at radius 2 is 1.86 bits per heavy atom. The summed E-state index contributed by atoms with van der Waals surface area (Å²) in [7, 11) is 0. The molecule has 1 saturated heterocycles. The van der Waals surface area contributed by atoms with Gasteiger partial charge in [0.05, 0.1) is 8.00 Å². The molecule has 4 rings (SSSR count). The standard InChI is InChI=1S/C22H24BrN3OS2/c23-20-7-8-21(29-20)28-14-4-9-25-10-12-26(13-11-25)22(27)19-15-18(16-24-19)17-5-2-1-3-6-17/h1-3,5-8,15-16,24H,4,9-14H2. The van der Waals surface area contributed by atoms with Gasteiger partial charge in [0.1, 0.15) is 5.69 Å². The number of nitrogens with zero attached hydrogens (tertiary/aromatic N) is 2. The number of benzene rings is 1. The number of hydrogen-bond donors (Lipinski definition) is 1. The van der Waals surface area contributed by atoms with Gasteiger partial charge >= 0.3 is 0 Å². The second-order valence-electron chi connectivity index (χ2n) is 7.06. The van der Waals surface area contributed by atoms with Gasteiger partial charge in [-0.2, -0.15) is 0 Å². The Labute approximate surface area is 188 Å². The van der Waals surface area contributed by atoms with Crippen molar-refractivity contribution in [3.63, 3.8) is 0 Å². The normalized spacial score (nSPS) is 15.0. The lowest BCUT2D eigenvalue weighted by Gasteiger charge is -2.34. The summed E-state index contributed by atoms with van der Waals surface area (Å²) in [6, 6.07) is 16.4. The van der Waals surface area contributed by atoms with Gasteiger partial charge in [0, 0.05) is 38.1 Å². The lowest BCUT2D eigenvalue weighted by Crippen LogP contribution is -2.49. The minimum atomic E-state index is 0.102. The molecule has 1 aliphatic rings. The number of H-pyrrole nitrogens is 1. The highest BCUT2D eigenvalue weighted by Gasteiger charge is 2.23. The molecule has 3 aromatic rings. The average Bonchev–Trinajstić information content (AvgIpc) is 3.41. The van der Waals surface area contributed by atoms with Crippen LogP contribution in [0.2, 0.25) is 0 Å². The fraction of sp³-hybridized carbons (Fsp3) is 0.318. The summed E-state index contributed by atoms with van der Waals surface area (Å²) in [5.41, 5.74) is 2.86. The first-order valence-corrected chi connectivity index (χ1v) is 12.4. The molecule has 1 amide bonds. The lowest BCUT2D eigenvalue weighted by molar-refractivity contribution is 0.0633. The third kappa shape index (κ3) is 5.54. The van der Waals surface area contributed by atoms with Gasteiger partial charge in [0.15, 0.2) is 0 Å². The molecule has 1 N–H and O–H groups in total. The lowest BCUT2D eigenvalue weighted by atomic mass is 10.1. The number of carbonyl (C=O) groups is 1. The topological polar surface area (TPSA) is 39.3 Å². The van der Waals surface area contributed by atoms with Gasteiger partial charge in [0.2, 0.25) is 0 Å². The quantitative estimate of drug-likeness (QED) is 0.354. The fourth-order valence-electron chi connectivity index (χ4n) is 3.50. The van der Waals surface area contributed by atoms with Crippen molar-refractivity contribution in [1.82, 2.24) is 14.8 Å². The molecule has 0 aliphatic carbocycles. The zero-order valence-corrected chi connectivity index (χ0v) is 19.4. The molecular formula is C22H24BrN3OS2. The molecule has 4 nitrogen and oxygen atoms in total. The maximum absolute atomic E-state index is 12.8. The monoisotopic (exact) mass is 489 g/mol. The van der Waals surface area contributed by atoms with E-state index < -0.39 is 0 Å². The molecule has 1 aromatic carbocycles. The molecule has 0 radical (unpaired) electrons. The second kappa shape index (κ2) is 9.98. The van der Waals surface area contributed by atoms with Crippen molar-refractivity contribution in [1.29, 1.82) is 0 Å². The van der Waals surface area contributed by atoms with Crippen LogP contribution in [0.1, 0.15) is 16.9 Å². The van der Waals surface area contributed by atoms with Gasteiger partial charge in [-0.1, -0.05) is 30.3 Å². The Morgan fingerprint density at radius 3 is 2.59 bits per heavy atom. The van der Waals surface area contributed by atoms with Crippen LogP contribution in [0.4, 0.5) is 0 Å². The zero-order chi connectivity index (χ0) is 20.1. The summed E-state index contributed by atoms with van der Waals surface area (Å²) in [5, 5.41) is 0. The highest BCUT2D eigenvalue weighted by Crippen LogP contribution is 2.30. The number of hydrogen-bond acceptors (Lipinski definition) is 4. The second-order valence-corrected chi connectivity index (χ2v) is 10.9. The van der Waals surface area contributed by atoms with Crippen LogP contribution in [-0.4, -0.2) is 59.2 Å². The van der Waals surface area contributed by atoms with E-state index in [0.717, 1.165) is 49.6 Å². The van der Waals surface area contributed by atoms with E-state index in [1.807, 2.05) is 47.1 Å². The molecule has 7 heteroatoms. The van der Waals surface area contributed by atoms with E-state index >= 15 is 0 Å². The molecule has 3 heterocycles. The van der Waals surface area contributed by atoms with Crippen LogP contribution in [0.5, 0.6) is 0 Å². The minimum Gasteiger partial charge on any atom is -0.357 e. The van der Waals surface area contributed by atoms with Crippen molar-refractivity contribution in [2.45, 2.75) is 10.6 Å². The molecule has 0 spiro atoms. The number of piperazine rings is 1. The largest absolute Gasteiger partial charge is 0.357 e.